The number of β-amino-alcohol motifs (C(OH)–C–C–N with tert-alkyl or cyclic N) is 1. The highest BCUT2D eigenvalue weighted by molar-refractivity contribution is 5.76. The standard InChI is InChI=1S/C16H20N2O3/c17-11-13-4-3-5-15(10-13)21-9-2-1-6-16(20)18-8-7-14(19)12-18/h3-5,10,14,19H,1-2,6-9,12H2/t14-/m1/s1. The average Bonchev–Trinajstić information content (AvgIpc) is 2.93. The molecule has 112 valence electrons. The Morgan fingerprint density at radius 3 is 3.05 bits per heavy atom. The zero-order valence-corrected chi connectivity index (χ0v) is 12.0. The van der Waals surface area contributed by atoms with E-state index < -0.39 is 0 Å². The molecule has 0 aromatic heterocycles. The highest BCUT2D eigenvalue weighted by Gasteiger charge is 2.23. The van der Waals surface area contributed by atoms with E-state index in [9.17, 15) is 9.90 Å². The minimum Gasteiger partial charge on any atom is -0.494 e. The maximum Gasteiger partial charge on any atom is 0.222 e. The maximum atomic E-state index is 11.8. The first kappa shape index (κ1) is 15.3. The van der Waals surface area contributed by atoms with Crippen LogP contribution in [0.2, 0.25) is 0 Å². The Morgan fingerprint density at radius 2 is 2.33 bits per heavy atom. The highest BCUT2D eigenvalue weighted by Crippen LogP contribution is 2.14. The first-order chi connectivity index (χ1) is 10.2. The third-order valence-electron chi connectivity index (χ3n) is 3.53. The smallest absolute Gasteiger partial charge is 0.222 e. The number of carbonyl (C=O) groups is 1. The number of aliphatic hydroxyl groups excluding tert-OH is 1. The number of unbranched alkanes of at least 4 members (excludes halogenated alkanes) is 1. The van der Waals surface area contributed by atoms with Crippen molar-refractivity contribution in [1.29, 1.82) is 5.26 Å². The maximum absolute atomic E-state index is 11.8. The fourth-order valence-electron chi connectivity index (χ4n) is 2.35. The summed E-state index contributed by atoms with van der Waals surface area (Å²) in [6, 6.07) is 9.11. The Labute approximate surface area is 124 Å². The summed E-state index contributed by atoms with van der Waals surface area (Å²) in [5.41, 5.74) is 0.579. The zero-order valence-electron chi connectivity index (χ0n) is 12.0. The summed E-state index contributed by atoms with van der Waals surface area (Å²) in [6.07, 6.45) is 2.38. The van der Waals surface area contributed by atoms with E-state index in [-0.39, 0.29) is 12.0 Å². The van der Waals surface area contributed by atoms with Crippen molar-refractivity contribution in [2.24, 2.45) is 0 Å². The SMILES string of the molecule is N#Cc1cccc(OCCCCC(=O)N2CC[C@@H](O)C2)c1. The van der Waals surface area contributed by atoms with Crippen LogP contribution >= 0.6 is 0 Å². The molecular weight excluding hydrogens is 268 g/mol. The molecular formula is C16H20N2O3. The van der Waals surface area contributed by atoms with Gasteiger partial charge in [0.15, 0.2) is 0 Å². The van der Waals surface area contributed by atoms with Crippen LogP contribution in [-0.2, 0) is 4.79 Å². The quantitative estimate of drug-likeness (QED) is 0.809. The van der Waals surface area contributed by atoms with Gasteiger partial charge in [-0.05, 0) is 37.5 Å². The van der Waals surface area contributed by atoms with E-state index in [0.29, 0.717) is 43.9 Å². The van der Waals surface area contributed by atoms with Crippen LogP contribution in [0.5, 0.6) is 5.75 Å². The lowest BCUT2D eigenvalue weighted by molar-refractivity contribution is -0.130. The van der Waals surface area contributed by atoms with Gasteiger partial charge in [-0.15, -0.1) is 0 Å². The molecule has 2 rings (SSSR count). The van der Waals surface area contributed by atoms with Crippen molar-refractivity contribution < 1.29 is 14.6 Å². The summed E-state index contributed by atoms with van der Waals surface area (Å²) in [5, 5.41) is 18.2. The number of likely N-dealkylation sites (tertiary alicyclic amines) is 1. The molecule has 21 heavy (non-hydrogen) atoms. The second-order valence-corrected chi connectivity index (χ2v) is 5.23. The van der Waals surface area contributed by atoms with Crippen molar-refractivity contribution in [3.8, 4) is 11.8 Å². The Morgan fingerprint density at radius 1 is 1.48 bits per heavy atom. The van der Waals surface area contributed by atoms with Crippen molar-refractivity contribution in [3.05, 3.63) is 29.8 Å². The highest BCUT2D eigenvalue weighted by atomic mass is 16.5. The summed E-state index contributed by atoms with van der Waals surface area (Å²) in [7, 11) is 0. The van der Waals surface area contributed by atoms with Crippen LogP contribution in [0.3, 0.4) is 0 Å². The Balaban J connectivity index is 1.61. The van der Waals surface area contributed by atoms with E-state index in [0.717, 1.165) is 12.8 Å². The topological polar surface area (TPSA) is 73.6 Å². The Bertz CT molecular complexity index is 524. The number of amides is 1. The molecule has 1 atom stereocenters. The number of rotatable bonds is 6. The van der Waals surface area contributed by atoms with Gasteiger partial charge in [-0.25, -0.2) is 0 Å². The number of carbonyl (C=O) groups excluding carboxylic acids is 1. The van der Waals surface area contributed by atoms with Crippen molar-refractivity contribution in [3.63, 3.8) is 0 Å². The molecule has 5 nitrogen and oxygen atoms in total. The third-order valence-corrected chi connectivity index (χ3v) is 3.53. The molecule has 0 bridgehead atoms. The average molecular weight is 288 g/mol. The van der Waals surface area contributed by atoms with Crippen LogP contribution in [-0.4, -0.2) is 41.7 Å². The molecule has 1 N–H and O–H groups in total. The Hall–Kier alpha value is -2.06. The second kappa shape index (κ2) is 7.65. The number of hydrogen-bond acceptors (Lipinski definition) is 4. The largest absolute Gasteiger partial charge is 0.494 e. The predicted molar refractivity (Wildman–Crippen MR) is 77.7 cm³/mol. The van der Waals surface area contributed by atoms with Gasteiger partial charge in [-0.3, -0.25) is 4.79 Å². The minimum absolute atomic E-state index is 0.109. The first-order valence-electron chi connectivity index (χ1n) is 7.28. The molecule has 1 amide bonds. The molecule has 0 spiro atoms. The molecule has 1 saturated heterocycles. The van der Waals surface area contributed by atoms with Crippen LogP contribution in [0.4, 0.5) is 0 Å². The lowest BCUT2D eigenvalue weighted by Gasteiger charge is -2.15. The van der Waals surface area contributed by atoms with E-state index in [2.05, 4.69) is 6.07 Å². The van der Waals surface area contributed by atoms with Crippen LogP contribution in [0, 0.1) is 11.3 Å². The van der Waals surface area contributed by atoms with Gasteiger partial charge < -0.3 is 14.7 Å². The Kier molecular flexibility index (Phi) is 5.59. The molecule has 0 aliphatic carbocycles. The molecule has 5 heteroatoms. The molecule has 1 aliphatic rings. The van der Waals surface area contributed by atoms with Crippen LogP contribution in [0.1, 0.15) is 31.2 Å². The lowest BCUT2D eigenvalue weighted by atomic mass is 10.2. The van der Waals surface area contributed by atoms with Gasteiger partial charge in [0.25, 0.3) is 0 Å². The van der Waals surface area contributed by atoms with E-state index in [1.54, 1.807) is 23.1 Å². The van der Waals surface area contributed by atoms with E-state index in [1.807, 2.05) is 6.07 Å². The van der Waals surface area contributed by atoms with Crippen LogP contribution < -0.4 is 4.74 Å². The van der Waals surface area contributed by atoms with Gasteiger partial charge in [-0.2, -0.15) is 5.26 Å². The minimum atomic E-state index is -0.357. The summed E-state index contributed by atoms with van der Waals surface area (Å²) in [6.45, 7) is 1.67. The number of ether oxygens (including phenoxy) is 1. The van der Waals surface area contributed by atoms with Crippen molar-refractivity contribution in [1.82, 2.24) is 4.90 Å². The van der Waals surface area contributed by atoms with E-state index in [4.69, 9.17) is 10.00 Å². The molecule has 1 aliphatic heterocycles. The second-order valence-electron chi connectivity index (χ2n) is 5.23. The molecule has 0 radical (unpaired) electrons. The van der Waals surface area contributed by atoms with Gasteiger partial charge in [0, 0.05) is 19.5 Å². The van der Waals surface area contributed by atoms with E-state index in [1.165, 1.54) is 0 Å². The molecule has 1 heterocycles. The van der Waals surface area contributed by atoms with Gasteiger partial charge in [0.1, 0.15) is 5.75 Å². The zero-order chi connectivity index (χ0) is 15.1. The lowest BCUT2D eigenvalue weighted by Crippen LogP contribution is -2.29. The number of nitrogens with zero attached hydrogens (tertiary/aromatic N) is 2. The molecule has 0 saturated carbocycles. The van der Waals surface area contributed by atoms with Gasteiger partial charge >= 0.3 is 0 Å². The number of hydrogen-bond donors (Lipinski definition) is 1. The van der Waals surface area contributed by atoms with Crippen molar-refractivity contribution >= 4 is 5.91 Å². The van der Waals surface area contributed by atoms with Crippen molar-refractivity contribution in [2.45, 2.75) is 31.8 Å². The summed E-state index contributed by atoms with van der Waals surface area (Å²) in [5.74, 6) is 0.793. The van der Waals surface area contributed by atoms with Gasteiger partial charge in [0.05, 0.1) is 24.3 Å². The van der Waals surface area contributed by atoms with Crippen LogP contribution in [0.25, 0.3) is 0 Å². The van der Waals surface area contributed by atoms with E-state index >= 15 is 0 Å². The molecule has 1 aromatic rings. The van der Waals surface area contributed by atoms with Gasteiger partial charge in [0.2, 0.25) is 5.91 Å². The molecule has 1 aromatic carbocycles. The number of nitriles is 1. The number of aliphatic hydroxyl groups is 1. The first-order valence-corrected chi connectivity index (χ1v) is 7.28. The monoisotopic (exact) mass is 288 g/mol. The van der Waals surface area contributed by atoms with Crippen LogP contribution in [0.15, 0.2) is 24.3 Å². The predicted octanol–water partition coefficient (Wildman–Crippen LogP) is 1.70. The fraction of sp³-hybridized carbons (Fsp3) is 0.500. The third kappa shape index (κ3) is 4.76. The summed E-state index contributed by atoms with van der Waals surface area (Å²) in [4.78, 5) is 13.6. The number of benzene rings is 1. The summed E-state index contributed by atoms with van der Waals surface area (Å²) < 4.78 is 5.56. The van der Waals surface area contributed by atoms with Gasteiger partial charge in [-0.1, -0.05) is 6.07 Å². The normalized spacial score (nSPS) is 17.5. The molecule has 0 unspecified atom stereocenters. The fourth-order valence-corrected chi connectivity index (χ4v) is 2.35. The van der Waals surface area contributed by atoms with Crippen molar-refractivity contribution in [2.75, 3.05) is 19.7 Å². The molecule has 1 fully saturated rings. The summed E-state index contributed by atoms with van der Waals surface area (Å²) >= 11 is 0.